The highest BCUT2D eigenvalue weighted by molar-refractivity contribution is 5.96. The molecule has 2 atom stereocenters. The number of carbonyl (C=O) groups is 1. The minimum Gasteiger partial charge on any atom is -0.377 e. The molecule has 1 aromatic carbocycles. The van der Waals surface area contributed by atoms with E-state index in [1.807, 2.05) is 4.90 Å². The van der Waals surface area contributed by atoms with Crippen LogP contribution in [0.1, 0.15) is 52.0 Å². The largest absolute Gasteiger partial charge is 0.417 e. The quantitative estimate of drug-likeness (QED) is 0.557. The Hall–Kier alpha value is -4.06. The zero-order chi connectivity index (χ0) is 26.2. The van der Waals surface area contributed by atoms with Crippen molar-refractivity contribution in [1.29, 1.82) is 0 Å². The van der Waals surface area contributed by atoms with Crippen LogP contribution in [-0.2, 0) is 17.5 Å². The molecule has 1 saturated heterocycles. The molecule has 4 heterocycles. The molecule has 9 nitrogen and oxygen atoms in total. The van der Waals surface area contributed by atoms with Crippen LogP contribution in [0.2, 0.25) is 0 Å². The predicted molar refractivity (Wildman–Crippen MR) is 128 cm³/mol. The summed E-state index contributed by atoms with van der Waals surface area (Å²) in [7, 11) is 0. The minimum atomic E-state index is -4.50. The van der Waals surface area contributed by atoms with Gasteiger partial charge in [-0.15, -0.1) is 0 Å². The van der Waals surface area contributed by atoms with Crippen LogP contribution in [0.5, 0.6) is 0 Å². The standard InChI is InChI=1S/C25H24F3N7O2/c1-15(22-30-7-2-8-31-22)35(13-18-5-4-17(12-32-18)25(26,27)28)23(36)16-3-6-20-19(11-16)21-14-37-10-9-34(21)24(29)33-20/h2-8,11-12,15,21H,9-10,13-14H2,1H3,(H2,29,33)/t15-,21-/m1/s1. The lowest BCUT2D eigenvalue weighted by molar-refractivity contribution is -0.137. The molecule has 1 amide bonds. The molecule has 2 aromatic heterocycles. The van der Waals surface area contributed by atoms with Gasteiger partial charge in [-0.1, -0.05) is 0 Å². The molecule has 0 saturated carbocycles. The number of nitrogens with two attached hydrogens (primary N) is 1. The van der Waals surface area contributed by atoms with Crippen LogP contribution in [0.4, 0.5) is 18.9 Å². The molecule has 0 aliphatic carbocycles. The van der Waals surface area contributed by atoms with Gasteiger partial charge in [0.05, 0.1) is 48.8 Å². The molecule has 5 rings (SSSR count). The average Bonchev–Trinajstić information content (AvgIpc) is 2.91. The summed E-state index contributed by atoms with van der Waals surface area (Å²) in [4.78, 5) is 34.3. The molecule has 2 N–H and O–H groups in total. The third-order valence-electron chi connectivity index (χ3n) is 6.46. The monoisotopic (exact) mass is 511 g/mol. The summed E-state index contributed by atoms with van der Waals surface area (Å²) >= 11 is 0. The third kappa shape index (κ3) is 4.96. The fourth-order valence-electron chi connectivity index (χ4n) is 4.46. The van der Waals surface area contributed by atoms with E-state index in [2.05, 4.69) is 19.9 Å². The van der Waals surface area contributed by atoms with Crippen molar-refractivity contribution in [1.82, 2.24) is 24.8 Å². The zero-order valence-corrected chi connectivity index (χ0v) is 19.9. The van der Waals surface area contributed by atoms with E-state index in [-0.39, 0.29) is 18.5 Å². The Bertz CT molecular complexity index is 1320. The van der Waals surface area contributed by atoms with Gasteiger partial charge in [0.15, 0.2) is 5.96 Å². The Morgan fingerprint density at radius 2 is 2.00 bits per heavy atom. The Morgan fingerprint density at radius 3 is 2.70 bits per heavy atom. The van der Waals surface area contributed by atoms with Crippen molar-refractivity contribution >= 4 is 17.6 Å². The van der Waals surface area contributed by atoms with Crippen LogP contribution in [0, 0.1) is 0 Å². The molecule has 0 spiro atoms. The van der Waals surface area contributed by atoms with E-state index >= 15 is 0 Å². The Balaban J connectivity index is 1.49. The number of nitrogens with zero attached hydrogens (tertiary/aromatic N) is 6. The van der Waals surface area contributed by atoms with Gasteiger partial charge in [-0.2, -0.15) is 13.2 Å². The summed E-state index contributed by atoms with van der Waals surface area (Å²) in [6, 6.07) is 8.28. The number of ether oxygens (including phenoxy) is 1. The first-order chi connectivity index (χ1) is 17.7. The van der Waals surface area contributed by atoms with E-state index in [0.29, 0.717) is 48.5 Å². The highest BCUT2D eigenvalue weighted by atomic mass is 19.4. The van der Waals surface area contributed by atoms with Crippen LogP contribution >= 0.6 is 0 Å². The number of aromatic nitrogens is 3. The Labute approximate surface area is 210 Å². The number of alkyl halides is 3. The smallest absolute Gasteiger partial charge is 0.377 e. The number of pyridine rings is 1. The second-order valence-corrected chi connectivity index (χ2v) is 8.78. The van der Waals surface area contributed by atoms with E-state index < -0.39 is 17.8 Å². The highest BCUT2D eigenvalue weighted by Crippen LogP contribution is 2.37. The van der Waals surface area contributed by atoms with Crippen molar-refractivity contribution in [2.24, 2.45) is 10.7 Å². The maximum atomic E-state index is 13.9. The van der Waals surface area contributed by atoms with E-state index in [9.17, 15) is 18.0 Å². The summed E-state index contributed by atoms with van der Waals surface area (Å²) in [5, 5.41) is 0. The third-order valence-corrected chi connectivity index (χ3v) is 6.46. The predicted octanol–water partition coefficient (Wildman–Crippen LogP) is 3.63. The van der Waals surface area contributed by atoms with Crippen LogP contribution in [0.25, 0.3) is 0 Å². The van der Waals surface area contributed by atoms with Gasteiger partial charge < -0.3 is 20.3 Å². The van der Waals surface area contributed by atoms with Gasteiger partial charge in [-0.3, -0.25) is 9.78 Å². The lowest BCUT2D eigenvalue weighted by Crippen LogP contribution is -2.48. The van der Waals surface area contributed by atoms with Crippen molar-refractivity contribution in [2.45, 2.75) is 31.7 Å². The van der Waals surface area contributed by atoms with Gasteiger partial charge in [0, 0.05) is 36.3 Å². The fourth-order valence-corrected chi connectivity index (χ4v) is 4.46. The molecule has 0 bridgehead atoms. The van der Waals surface area contributed by atoms with E-state index in [1.54, 1.807) is 43.6 Å². The molecule has 1 fully saturated rings. The van der Waals surface area contributed by atoms with Crippen molar-refractivity contribution in [3.05, 3.63) is 83.2 Å². The Kier molecular flexibility index (Phi) is 6.50. The molecule has 0 radical (unpaired) electrons. The lowest BCUT2D eigenvalue weighted by atomic mass is 9.98. The summed E-state index contributed by atoms with van der Waals surface area (Å²) in [6.45, 7) is 3.25. The topological polar surface area (TPSA) is 110 Å². The summed E-state index contributed by atoms with van der Waals surface area (Å²) in [6.07, 6.45) is -0.605. The first-order valence-electron chi connectivity index (χ1n) is 11.6. The van der Waals surface area contributed by atoms with Crippen LogP contribution in [-0.4, -0.2) is 56.4 Å². The minimum absolute atomic E-state index is 0.0444. The molecular weight excluding hydrogens is 487 g/mol. The first kappa shape index (κ1) is 24.6. The van der Waals surface area contributed by atoms with Crippen molar-refractivity contribution < 1.29 is 22.7 Å². The van der Waals surface area contributed by atoms with Crippen molar-refractivity contribution in [3.63, 3.8) is 0 Å². The van der Waals surface area contributed by atoms with Gasteiger partial charge in [-0.05, 0) is 43.3 Å². The molecule has 192 valence electrons. The SMILES string of the molecule is C[C@H](c1ncccn1)N(Cc1ccc(C(F)(F)F)cn1)C(=O)c1ccc2c(c1)[C@H]1COCCN1C(N)=N2. The second-order valence-electron chi connectivity index (χ2n) is 8.78. The van der Waals surface area contributed by atoms with Crippen LogP contribution in [0.3, 0.4) is 0 Å². The zero-order valence-electron chi connectivity index (χ0n) is 19.9. The number of carbonyl (C=O) groups excluding carboxylic acids is 1. The van der Waals surface area contributed by atoms with Crippen molar-refractivity contribution in [2.75, 3.05) is 19.8 Å². The molecular formula is C25H24F3N7O2. The van der Waals surface area contributed by atoms with E-state index in [1.165, 1.54) is 11.0 Å². The van der Waals surface area contributed by atoms with Crippen LogP contribution < -0.4 is 5.73 Å². The van der Waals surface area contributed by atoms with Gasteiger partial charge >= 0.3 is 6.18 Å². The second kappa shape index (κ2) is 9.77. The molecule has 2 aliphatic heterocycles. The number of fused-ring (bicyclic) bond motifs is 3. The van der Waals surface area contributed by atoms with E-state index in [0.717, 1.165) is 17.8 Å². The number of amides is 1. The van der Waals surface area contributed by atoms with Gasteiger partial charge in [0.1, 0.15) is 5.82 Å². The lowest BCUT2D eigenvalue weighted by Gasteiger charge is -2.39. The number of benzene rings is 1. The maximum Gasteiger partial charge on any atom is 0.417 e. The number of guanidine groups is 1. The average molecular weight is 512 g/mol. The van der Waals surface area contributed by atoms with Crippen LogP contribution in [0.15, 0.2) is 60.0 Å². The summed E-state index contributed by atoms with van der Waals surface area (Å²) in [5.74, 6) is 0.449. The highest BCUT2D eigenvalue weighted by Gasteiger charge is 2.34. The number of rotatable bonds is 5. The normalized spacial score (nSPS) is 17.9. The maximum absolute atomic E-state index is 13.9. The number of halogens is 3. The molecule has 12 heteroatoms. The van der Waals surface area contributed by atoms with Crippen molar-refractivity contribution in [3.8, 4) is 0 Å². The van der Waals surface area contributed by atoms with E-state index in [4.69, 9.17) is 10.5 Å². The number of aliphatic imine (C=N–C) groups is 1. The molecule has 3 aromatic rings. The summed E-state index contributed by atoms with van der Waals surface area (Å²) in [5.41, 5.74) is 7.43. The van der Waals surface area contributed by atoms with Gasteiger partial charge in [-0.25, -0.2) is 15.0 Å². The number of hydrogen-bond acceptors (Lipinski definition) is 8. The Morgan fingerprint density at radius 1 is 1.22 bits per heavy atom. The number of hydrogen-bond donors (Lipinski definition) is 1. The molecule has 2 aliphatic rings. The first-order valence-corrected chi connectivity index (χ1v) is 11.6. The summed E-state index contributed by atoms with van der Waals surface area (Å²) < 4.78 is 44.7. The molecule has 0 unspecified atom stereocenters. The number of morpholine rings is 1. The fraction of sp³-hybridized carbons (Fsp3) is 0.320. The van der Waals surface area contributed by atoms with Gasteiger partial charge in [0.2, 0.25) is 0 Å². The molecule has 37 heavy (non-hydrogen) atoms. The van der Waals surface area contributed by atoms with Gasteiger partial charge in [0.25, 0.3) is 5.91 Å².